The average Bonchev–Trinajstić information content (AvgIpc) is 3.08. The molecule has 26 heavy (non-hydrogen) atoms. The predicted octanol–water partition coefficient (Wildman–Crippen LogP) is 2.35. The minimum atomic E-state index is 0.661. The monoisotopic (exact) mass is 359 g/mol. The molecule has 2 rings (SSSR count). The molecule has 0 unspecified atom stereocenters. The Morgan fingerprint density at radius 2 is 1.96 bits per heavy atom. The summed E-state index contributed by atoms with van der Waals surface area (Å²) in [7, 11) is 5.05. The second-order valence-corrected chi connectivity index (χ2v) is 5.92. The average molecular weight is 359 g/mol. The molecule has 1 heterocycles. The van der Waals surface area contributed by atoms with Crippen molar-refractivity contribution in [3.63, 3.8) is 0 Å². The third-order valence-electron chi connectivity index (χ3n) is 4.17. The van der Waals surface area contributed by atoms with Gasteiger partial charge in [-0.25, -0.2) is 4.98 Å². The highest BCUT2D eigenvalue weighted by molar-refractivity contribution is 5.79. The van der Waals surface area contributed by atoms with E-state index in [1.165, 1.54) is 0 Å². The maximum absolute atomic E-state index is 5.34. The van der Waals surface area contributed by atoms with Crippen molar-refractivity contribution in [1.29, 1.82) is 0 Å². The molecule has 7 heteroatoms. The molecule has 0 atom stereocenters. The normalized spacial score (nSPS) is 11.3. The lowest BCUT2D eigenvalue weighted by Crippen LogP contribution is -2.37. The van der Waals surface area contributed by atoms with E-state index in [0.29, 0.717) is 6.54 Å². The van der Waals surface area contributed by atoms with Crippen LogP contribution in [-0.2, 0) is 13.1 Å². The molecule has 0 aliphatic rings. The first-order valence-electron chi connectivity index (χ1n) is 8.81. The van der Waals surface area contributed by atoms with Crippen molar-refractivity contribution in [3.8, 4) is 11.5 Å². The first-order valence-corrected chi connectivity index (χ1v) is 8.81. The Morgan fingerprint density at radius 1 is 1.15 bits per heavy atom. The van der Waals surface area contributed by atoms with Crippen LogP contribution in [-0.4, -0.2) is 43.3 Å². The molecule has 1 aromatic heterocycles. The summed E-state index contributed by atoms with van der Waals surface area (Å²) in [4.78, 5) is 8.50. The van der Waals surface area contributed by atoms with Crippen LogP contribution in [0.25, 0.3) is 0 Å². The van der Waals surface area contributed by atoms with Crippen LogP contribution in [0.1, 0.15) is 24.2 Å². The number of aromatic nitrogens is 2. The molecule has 0 aliphatic carbocycles. The number of unbranched alkanes of at least 4 members (excludes halogenated alkanes) is 1. The highest BCUT2D eigenvalue weighted by Gasteiger charge is 2.05. The van der Waals surface area contributed by atoms with Crippen LogP contribution in [0, 0.1) is 6.92 Å². The second kappa shape index (κ2) is 10.3. The molecule has 0 fully saturated rings. The van der Waals surface area contributed by atoms with E-state index < -0.39 is 0 Å². The first-order chi connectivity index (χ1) is 12.7. The van der Waals surface area contributed by atoms with Gasteiger partial charge in [0.1, 0.15) is 5.82 Å². The number of hydrogen-bond acceptors (Lipinski definition) is 4. The summed E-state index contributed by atoms with van der Waals surface area (Å²) in [5.74, 6) is 3.31. The maximum atomic E-state index is 5.34. The van der Waals surface area contributed by atoms with Crippen LogP contribution in [0.2, 0.25) is 0 Å². The zero-order valence-electron chi connectivity index (χ0n) is 16.1. The third-order valence-corrected chi connectivity index (χ3v) is 4.17. The van der Waals surface area contributed by atoms with Gasteiger partial charge in [0.2, 0.25) is 0 Å². The van der Waals surface area contributed by atoms with Crippen LogP contribution >= 0.6 is 0 Å². The summed E-state index contributed by atoms with van der Waals surface area (Å²) in [6.45, 7) is 4.55. The molecular formula is C19H29N5O2. The van der Waals surface area contributed by atoms with Gasteiger partial charge in [0.05, 0.1) is 14.2 Å². The molecule has 0 bridgehead atoms. The van der Waals surface area contributed by atoms with E-state index in [2.05, 4.69) is 25.2 Å². The number of nitrogens with zero attached hydrogens (tertiary/aromatic N) is 3. The molecule has 7 nitrogen and oxygen atoms in total. The molecule has 2 aromatic rings. The van der Waals surface area contributed by atoms with Gasteiger partial charge in [0.15, 0.2) is 17.5 Å². The smallest absolute Gasteiger partial charge is 0.191 e. The Labute approximate surface area is 155 Å². The van der Waals surface area contributed by atoms with E-state index in [0.717, 1.165) is 54.8 Å². The molecule has 0 saturated heterocycles. The number of benzene rings is 1. The fourth-order valence-electron chi connectivity index (χ4n) is 2.65. The highest BCUT2D eigenvalue weighted by Crippen LogP contribution is 2.27. The Morgan fingerprint density at radius 3 is 2.62 bits per heavy atom. The molecule has 0 spiro atoms. The van der Waals surface area contributed by atoms with E-state index in [1.54, 1.807) is 21.3 Å². The summed E-state index contributed by atoms with van der Waals surface area (Å²) in [6, 6.07) is 5.88. The molecule has 0 aliphatic heterocycles. The lowest BCUT2D eigenvalue weighted by atomic mass is 10.2. The van der Waals surface area contributed by atoms with Gasteiger partial charge >= 0.3 is 0 Å². The number of imidazole rings is 1. The number of nitrogens with one attached hydrogen (secondary N) is 2. The van der Waals surface area contributed by atoms with Crippen molar-refractivity contribution < 1.29 is 9.47 Å². The minimum absolute atomic E-state index is 0.661. The fourth-order valence-corrected chi connectivity index (χ4v) is 2.65. The molecule has 142 valence electrons. The number of hydrogen-bond donors (Lipinski definition) is 2. The Kier molecular flexibility index (Phi) is 7.79. The van der Waals surface area contributed by atoms with E-state index in [4.69, 9.17) is 9.47 Å². The van der Waals surface area contributed by atoms with Gasteiger partial charge in [-0.05, 0) is 37.5 Å². The van der Waals surface area contributed by atoms with Crippen molar-refractivity contribution in [2.24, 2.45) is 4.99 Å². The van der Waals surface area contributed by atoms with Gasteiger partial charge in [0, 0.05) is 39.1 Å². The van der Waals surface area contributed by atoms with Crippen LogP contribution in [0.4, 0.5) is 0 Å². The summed E-state index contributed by atoms with van der Waals surface area (Å²) >= 11 is 0. The van der Waals surface area contributed by atoms with Crippen molar-refractivity contribution >= 4 is 5.96 Å². The van der Waals surface area contributed by atoms with Gasteiger partial charge < -0.3 is 24.7 Å². The number of rotatable bonds is 9. The summed E-state index contributed by atoms with van der Waals surface area (Å²) in [5.41, 5.74) is 1.10. The summed E-state index contributed by atoms with van der Waals surface area (Å²) in [6.07, 6.45) is 6.02. The third kappa shape index (κ3) is 5.68. The largest absolute Gasteiger partial charge is 0.493 e. The lowest BCUT2D eigenvalue weighted by molar-refractivity contribution is 0.354. The molecule has 2 N–H and O–H groups in total. The van der Waals surface area contributed by atoms with E-state index in [1.807, 2.05) is 37.5 Å². The standard InChI is InChI=1S/C19H29N5O2/c1-15-21-10-12-24(15)11-6-5-9-22-19(20-2)23-14-16-7-8-17(25-3)18(13-16)26-4/h7-8,10,12-13H,5-6,9,11,14H2,1-4H3,(H2,20,22,23). The summed E-state index contributed by atoms with van der Waals surface area (Å²) < 4.78 is 12.8. The van der Waals surface area contributed by atoms with Gasteiger partial charge in [-0.3, -0.25) is 4.99 Å². The number of ether oxygens (including phenoxy) is 2. The quantitative estimate of drug-likeness (QED) is 0.408. The van der Waals surface area contributed by atoms with Crippen LogP contribution in [0.3, 0.4) is 0 Å². The van der Waals surface area contributed by atoms with E-state index in [9.17, 15) is 0 Å². The van der Waals surface area contributed by atoms with Crippen LogP contribution in [0.15, 0.2) is 35.6 Å². The van der Waals surface area contributed by atoms with Crippen LogP contribution < -0.4 is 20.1 Å². The zero-order chi connectivity index (χ0) is 18.8. The first kappa shape index (κ1) is 19.6. The lowest BCUT2D eigenvalue weighted by Gasteiger charge is -2.13. The molecule has 0 amide bonds. The molecule has 0 radical (unpaired) electrons. The Balaban J connectivity index is 1.71. The Bertz CT molecular complexity index is 712. The maximum Gasteiger partial charge on any atom is 0.191 e. The van der Waals surface area contributed by atoms with Crippen molar-refractivity contribution in [2.75, 3.05) is 27.8 Å². The Hall–Kier alpha value is -2.70. The number of guanidine groups is 1. The van der Waals surface area contributed by atoms with E-state index in [-0.39, 0.29) is 0 Å². The molecule has 1 aromatic carbocycles. The van der Waals surface area contributed by atoms with Crippen molar-refractivity contribution in [2.45, 2.75) is 32.9 Å². The second-order valence-electron chi connectivity index (χ2n) is 5.92. The van der Waals surface area contributed by atoms with Crippen molar-refractivity contribution in [3.05, 3.63) is 42.0 Å². The van der Waals surface area contributed by atoms with E-state index >= 15 is 0 Å². The topological polar surface area (TPSA) is 72.7 Å². The van der Waals surface area contributed by atoms with Gasteiger partial charge in [0.25, 0.3) is 0 Å². The minimum Gasteiger partial charge on any atom is -0.493 e. The van der Waals surface area contributed by atoms with Gasteiger partial charge in [-0.1, -0.05) is 6.07 Å². The van der Waals surface area contributed by atoms with Gasteiger partial charge in [-0.15, -0.1) is 0 Å². The molecule has 0 saturated carbocycles. The highest BCUT2D eigenvalue weighted by atomic mass is 16.5. The number of aliphatic imine (C=N–C) groups is 1. The van der Waals surface area contributed by atoms with Crippen molar-refractivity contribution in [1.82, 2.24) is 20.2 Å². The number of methoxy groups -OCH3 is 2. The SMILES string of the molecule is CN=C(NCCCCn1ccnc1C)NCc1ccc(OC)c(OC)c1. The van der Waals surface area contributed by atoms with Crippen LogP contribution in [0.5, 0.6) is 11.5 Å². The zero-order valence-corrected chi connectivity index (χ0v) is 16.1. The van der Waals surface area contributed by atoms with Gasteiger partial charge in [-0.2, -0.15) is 0 Å². The fraction of sp³-hybridized carbons (Fsp3) is 0.474. The molecular weight excluding hydrogens is 330 g/mol. The number of aryl methyl sites for hydroxylation is 2. The summed E-state index contributed by atoms with van der Waals surface area (Å²) in [5, 5.41) is 6.66. The predicted molar refractivity (Wildman–Crippen MR) is 104 cm³/mol.